The molecule has 0 aliphatic heterocycles. The van der Waals surface area contributed by atoms with E-state index in [1.807, 2.05) is 36.4 Å². The van der Waals surface area contributed by atoms with Crippen molar-refractivity contribution in [3.8, 4) is 5.75 Å². The van der Waals surface area contributed by atoms with Crippen LogP contribution in [0.1, 0.15) is 16.5 Å². The number of benzene rings is 2. The Balaban J connectivity index is 2.40. The number of ether oxygens (including phenoxy) is 1. The molecule has 0 amide bonds. The molecule has 5 heteroatoms. The molecule has 1 atom stereocenters. The van der Waals surface area contributed by atoms with Gasteiger partial charge in [0.05, 0.1) is 12.5 Å². The van der Waals surface area contributed by atoms with E-state index in [0.29, 0.717) is 0 Å². The smallest absolute Gasteiger partial charge is 0.120 e. The van der Waals surface area contributed by atoms with Crippen LogP contribution in [0, 0.1) is 0 Å². The van der Waals surface area contributed by atoms with E-state index in [4.69, 9.17) is 16.3 Å². The number of hydrogen-bond acceptors (Lipinski definition) is 1. The maximum Gasteiger partial charge on any atom is 0.120 e. The van der Waals surface area contributed by atoms with Crippen LogP contribution in [0.25, 0.3) is 0 Å². The topological polar surface area (TPSA) is 9.23 Å². The molecule has 0 aliphatic rings. The van der Waals surface area contributed by atoms with E-state index < -0.39 is 0 Å². The third-order valence-corrected chi connectivity index (χ3v) is 4.75. The van der Waals surface area contributed by atoms with Gasteiger partial charge in [0.2, 0.25) is 0 Å². The third-order valence-electron chi connectivity index (χ3n) is 2.66. The van der Waals surface area contributed by atoms with Crippen LogP contribution in [0.15, 0.2) is 49.8 Å². The van der Waals surface area contributed by atoms with Crippen molar-refractivity contribution in [2.24, 2.45) is 0 Å². The van der Waals surface area contributed by atoms with Gasteiger partial charge in [0.1, 0.15) is 5.75 Å². The van der Waals surface area contributed by atoms with Crippen molar-refractivity contribution in [3.05, 3.63) is 60.9 Å². The summed E-state index contributed by atoms with van der Waals surface area (Å²) in [5, 5.41) is -0.228. The average Bonchev–Trinajstić information content (AvgIpc) is 2.36. The van der Waals surface area contributed by atoms with Gasteiger partial charge in [-0.15, -0.1) is 11.6 Å². The fourth-order valence-corrected chi connectivity index (χ4v) is 4.11. The molecular weight excluding hydrogens is 459 g/mol. The molecule has 100 valence electrons. The Morgan fingerprint density at radius 3 is 2.16 bits per heavy atom. The molecule has 0 spiro atoms. The lowest BCUT2D eigenvalue weighted by Crippen LogP contribution is -1.96. The Morgan fingerprint density at radius 1 is 1.00 bits per heavy atom. The van der Waals surface area contributed by atoms with Gasteiger partial charge in [-0.05, 0) is 41.5 Å². The van der Waals surface area contributed by atoms with Crippen molar-refractivity contribution in [1.82, 2.24) is 0 Å². The third kappa shape index (κ3) is 3.75. The van der Waals surface area contributed by atoms with Crippen LogP contribution < -0.4 is 4.74 Å². The molecule has 1 unspecified atom stereocenters. The average molecular weight is 469 g/mol. The Kier molecular flexibility index (Phi) is 5.35. The van der Waals surface area contributed by atoms with Crippen LogP contribution in [0.2, 0.25) is 0 Å². The molecule has 0 aromatic heterocycles. The van der Waals surface area contributed by atoms with Gasteiger partial charge in [-0.2, -0.15) is 0 Å². The normalized spacial score (nSPS) is 12.3. The molecule has 2 aromatic carbocycles. The summed E-state index contributed by atoms with van der Waals surface area (Å²) in [5.41, 5.74) is 2.03. The highest BCUT2D eigenvalue weighted by Crippen LogP contribution is 2.37. The lowest BCUT2D eigenvalue weighted by atomic mass is 10.0. The zero-order chi connectivity index (χ0) is 14.0. The van der Waals surface area contributed by atoms with Crippen LogP contribution in [-0.4, -0.2) is 7.11 Å². The summed E-state index contributed by atoms with van der Waals surface area (Å²) in [7, 11) is 1.64. The molecule has 0 N–H and O–H groups in total. The van der Waals surface area contributed by atoms with Crippen molar-refractivity contribution in [3.63, 3.8) is 0 Å². The fourth-order valence-electron chi connectivity index (χ4n) is 1.74. The van der Waals surface area contributed by atoms with E-state index in [0.717, 1.165) is 30.3 Å². The summed E-state index contributed by atoms with van der Waals surface area (Å²) in [4.78, 5) is 0. The maximum atomic E-state index is 6.56. The van der Waals surface area contributed by atoms with E-state index in [9.17, 15) is 0 Å². The van der Waals surface area contributed by atoms with Crippen molar-refractivity contribution in [2.75, 3.05) is 7.11 Å². The van der Waals surface area contributed by atoms with Crippen LogP contribution in [0.4, 0.5) is 0 Å². The van der Waals surface area contributed by atoms with Crippen molar-refractivity contribution < 1.29 is 4.74 Å². The number of alkyl halides is 1. The Morgan fingerprint density at radius 2 is 1.63 bits per heavy atom. The van der Waals surface area contributed by atoms with Crippen molar-refractivity contribution in [1.29, 1.82) is 0 Å². The van der Waals surface area contributed by atoms with Gasteiger partial charge in [0.15, 0.2) is 0 Å². The highest BCUT2D eigenvalue weighted by Gasteiger charge is 2.15. The van der Waals surface area contributed by atoms with E-state index in [-0.39, 0.29) is 5.38 Å². The van der Waals surface area contributed by atoms with Gasteiger partial charge in [-0.1, -0.05) is 53.9 Å². The molecule has 2 aromatic rings. The van der Waals surface area contributed by atoms with Crippen molar-refractivity contribution in [2.45, 2.75) is 5.38 Å². The molecule has 0 heterocycles. The first-order valence-corrected chi connectivity index (χ1v) is 8.26. The first-order valence-electron chi connectivity index (χ1n) is 5.44. The summed E-state index contributed by atoms with van der Waals surface area (Å²) in [6, 6.07) is 11.8. The number of methoxy groups -OCH3 is 1. The summed E-state index contributed by atoms with van der Waals surface area (Å²) < 4.78 is 8.10. The molecular formula is C14H10Br3ClO. The fraction of sp³-hybridized carbons (Fsp3) is 0.143. The quantitative estimate of drug-likeness (QED) is 0.479. The minimum atomic E-state index is -0.228. The summed E-state index contributed by atoms with van der Waals surface area (Å²) >= 11 is 17.0. The Bertz CT molecular complexity index is 581. The highest BCUT2D eigenvalue weighted by molar-refractivity contribution is 9.11. The SMILES string of the molecule is COc1ccc(C(Cl)c2cc(Br)cc(Br)c2)c(Br)c1. The van der Waals surface area contributed by atoms with Crippen molar-refractivity contribution >= 4 is 59.4 Å². The monoisotopic (exact) mass is 466 g/mol. The largest absolute Gasteiger partial charge is 0.497 e. The summed E-state index contributed by atoms with van der Waals surface area (Å²) in [5.74, 6) is 0.801. The van der Waals surface area contributed by atoms with Gasteiger partial charge in [-0.3, -0.25) is 0 Å². The number of rotatable bonds is 3. The van der Waals surface area contributed by atoms with E-state index >= 15 is 0 Å². The van der Waals surface area contributed by atoms with Gasteiger partial charge < -0.3 is 4.74 Å². The van der Waals surface area contributed by atoms with Gasteiger partial charge >= 0.3 is 0 Å². The molecule has 0 fully saturated rings. The van der Waals surface area contributed by atoms with Crippen LogP contribution in [0.3, 0.4) is 0 Å². The summed E-state index contributed by atoms with van der Waals surface area (Å²) in [6.07, 6.45) is 0. The molecule has 2 rings (SSSR count). The van der Waals surface area contributed by atoms with Gasteiger partial charge in [0.25, 0.3) is 0 Å². The molecule has 0 aliphatic carbocycles. The predicted octanol–water partition coefficient (Wildman–Crippen LogP) is 6.31. The zero-order valence-electron chi connectivity index (χ0n) is 9.96. The molecule has 0 bridgehead atoms. The van der Waals surface area contributed by atoms with Crippen LogP contribution in [-0.2, 0) is 0 Å². The maximum absolute atomic E-state index is 6.56. The molecule has 0 saturated heterocycles. The van der Waals surface area contributed by atoms with E-state index in [1.54, 1.807) is 7.11 Å². The highest BCUT2D eigenvalue weighted by atomic mass is 79.9. The summed E-state index contributed by atoms with van der Waals surface area (Å²) in [6.45, 7) is 0. The van der Waals surface area contributed by atoms with Crippen LogP contribution in [0.5, 0.6) is 5.75 Å². The lowest BCUT2D eigenvalue weighted by Gasteiger charge is -2.14. The van der Waals surface area contributed by atoms with Gasteiger partial charge in [-0.25, -0.2) is 0 Å². The van der Waals surface area contributed by atoms with E-state index in [2.05, 4.69) is 47.8 Å². The first kappa shape index (κ1) is 15.4. The van der Waals surface area contributed by atoms with Crippen LogP contribution >= 0.6 is 59.4 Å². The molecule has 1 nitrogen and oxygen atoms in total. The minimum Gasteiger partial charge on any atom is -0.497 e. The minimum absolute atomic E-state index is 0.228. The number of hydrogen-bond donors (Lipinski definition) is 0. The Labute approximate surface area is 142 Å². The lowest BCUT2D eigenvalue weighted by molar-refractivity contribution is 0.414. The molecule has 19 heavy (non-hydrogen) atoms. The van der Waals surface area contributed by atoms with Gasteiger partial charge in [0, 0.05) is 13.4 Å². The van der Waals surface area contributed by atoms with E-state index in [1.165, 1.54) is 0 Å². The number of halogens is 4. The zero-order valence-corrected chi connectivity index (χ0v) is 15.5. The predicted molar refractivity (Wildman–Crippen MR) is 90.2 cm³/mol. The molecule has 0 radical (unpaired) electrons. The second-order valence-electron chi connectivity index (χ2n) is 3.95. The first-order chi connectivity index (χ1) is 9.01. The molecule has 0 saturated carbocycles. The Hall–Kier alpha value is -0.0300. The second kappa shape index (κ2) is 6.61. The standard InChI is InChI=1S/C14H10Br3ClO/c1-19-11-2-3-12(13(17)7-11)14(18)8-4-9(15)6-10(16)5-8/h2-7,14H,1H3. The second-order valence-corrected chi connectivity index (χ2v) is 7.07.